The monoisotopic (exact) mass is 238 g/mol. The molecule has 1 amide bonds. The predicted octanol–water partition coefficient (Wildman–Crippen LogP) is 1.78. The van der Waals surface area contributed by atoms with Gasteiger partial charge < -0.3 is 5.32 Å². The zero-order valence-corrected chi connectivity index (χ0v) is 10.4. The Morgan fingerprint density at radius 1 is 1.35 bits per heavy atom. The largest absolute Gasteiger partial charge is 0.355 e. The number of carbonyl (C=O) groups is 1. The number of halogens is 1. The molecule has 1 aromatic carbocycles. The molecule has 94 valence electrons. The molecular weight excluding hydrogens is 219 g/mol. The summed E-state index contributed by atoms with van der Waals surface area (Å²) in [5.74, 6) is -0.243. The molecule has 0 aliphatic rings. The van der Waals surface area contributed by atoms with Gasteiger partial charge in [-0.05, 0) is 19.5 Å². The fraction of sp³-hybridized carbons (Fsp3) is 0.462. The van der Waals surface area contributed by atoms with Gasteiger partial charge in [-0.2, -0.15) is 0 Å². The van der Waals surface area contributed by atoms with Crippen LogP contribution in [0.2, 0.25) is 0 Å². The number of hydrogen-bond acceptors (Lipinski definition) is 2. The summed E-state index contributed by atoms with van der Waals surface area (Å²) >= 11 is 0. The van der Waals surface area contributed by atoms with E-state index in [9.17, 15) is 9.18 Å². The maximum atomic E-state index is 13.4. The average Bonchev–Trinajstić information content (AvgIpc) is 2.31. The molecule has 1 N–H and O–H groups in total. The molecule has 0 fully saturated rings. The van der Waals surface area contributed by atoms with Gasteiger partial charge in [0, 0.05) is 18.7 Å². The van der Waals surface area contributed by atoms with Crippen LogP contribution in [0.15, 0.2) is 24.3 Å². The fourth-order valence-corrected chi connectivity index (χ4v) is 1.60. The number of rotatable bonds is 6. The van der Waals surface area contributed by atoms with Crippen molar-refractivity contribution in [3.8, 4) is 0 Å². The van der Waals surface area contributed by atoms with E-state index in [1.54, 1.807) is 18.2 Å². The van der Waals surface area contributed by atoms with Gasteiger partial charge in [-0.3, -0.25) is 9.69 Å². The van der Waals surface area contributed by atoms with Gasteiger partial charge in [0.1, 0.15) is 5.82 Å². The highest BCUT2D eigenvalue weighted by atomic mass is 19.1. The molecule has 1 rings (SSSR count). The zero-order valence-electron chi connectivity index (χ0n) is 10.4. The van der Waals surface area contributed by atoms with Crippen molar-refractivity contribution in [2.24, 2.45) is 0 Å². The molecule has 0 heterocycles. The lowest BCUT2D eigenvalue weighted by atomic mass is 10.2. The molecule has 3 nitrogen and oxygen atoms in total. The molecule has 0 aliphatic carbocycles. The number of nitrogens with zero attached hydrogens (tertiary/aromatic N) is 1. The van der Waals surface area contributed by atoms with E-state index in [2.05, 4.69) is 5.32 Å². The Morgan fingerprint density at radius 2 is 2.06 bits per heavy atom. The van der Waals surface area contributed by atoms with E-state index in [0.29, 0.717) is 31.7 Å². The zero-order chi connectivity index (χ0) is 12.7. The van der Waals surface area contributed by atoms with E-state index in [4.69, 9.17) is 0 Å². The molecule has 1 aromatic rings. The topological polar surface area (TPSA) is 32.3 Å². The van der Waals surface area contributed by atoms with Crippen LogP contribution in [0.5, 0.6) is 0 Å². The van der Waals surface area contributed by atoms with Crippen LogP contribution < -0.4 is 5.32 Å². The van der Waals surface area contributed by atoms with Crippen molar-refractivity contribution in [1.29, 1.82) is 0 Å². The molecule has 0 spiro atoms. The van der Waals surface area contributed by atoms with Crippen LogP contribution in [0.3, 0.4) is 0 Å². The smallest absolute Gasteiger partial charge is 0.234 e. The Morgan fingerprint density at radius 3 is 2.65 bits per heavy atom. The van der Waals surface area contributed by atoms with Crippen LogP contribution in [-0.2, 0) is 11.3 Å². The van der Waals surface area contributed by atoms with Gasteiger partial charge in [0.05, 0.1) is 6.54 Å². The van der Waals surface area contributed by atoms with Crippen molar-refractivity contribution < 1.29 is 9.18 Å². The normalized spacial score (nSPS) is 10.6. The van der Waals surface area contributed by atoms with E-state index in [1.165, 1.54) is 6.07 Å². The minimum atomic E-state index is -0.221. The van der Waals surface area contributed by atoms with Crippen molar-refractivity contribution >= 4 is 5.91 Å². The molecule has 0 atom stereocenters. The molecule has 0 bridgehead atoms. The summed E-state index contributed by atoms with van der Waals surface area (Å²) in [4.78, 5) is 13.3. The van der Waals surface area contributed by atoms with Gasteiger partial charge >= 0.3 is 0 Å². The number of hydrogen-bond donors (Lipinski definition) is 1. The Bertz CT molecular complexity index is 368. The number of likely N-dealkylation sites (N-methyl/N-ethyl adjacent to an activating group) is 2. The van der Waals surface area contributed by atoms with Gasteiger partial charge in [0.25, 0.3) is 0 Å². The standard InChI is InChI=1S/C13H19FN2O/c1-3-15-13(17)10-16(4-2)9-11-7-5-6-8-12(11)14/h5-8H,3-4,9-10H2,1-2H3,(H,15,17). The third-order valence-corrected chi connectivity index (χ3v) is 2.54. The summed E-state index contributed by atoms with van der Waals surface area (Å²) in [5, 5.41) is 2.74. The lowest BCUT2D eigenvalue weighted by Crippen LogP contribution is -2.36. The lowest BCUT2D eigenvalue weighted by molar-refractivity contribution is -0.122. The van der Waals surface area contributed by atoms with Crippen molar-refractivity contribution in [2.45, 2.75) is 20.4 Å². The number of benzene rings is 1. The second kappa shape index (κ2) is 7.01. The maximum absolute atomic E-state index is 13.4. The maximum Gasteiger partial charge on any atom is 0.234 e. The molecule has 0 saturated carbocycles. The first-order valence-corrected chi connectivity index (χ1v) is 5.89. The number of nitrogens with one attached hydrogen (secondary N) is 1. The highest BCUT2D eigenvalue weighted by Gasteiger charge is 2.10. The van der Waals surface area contributed by atoms with E-state index < -0.39 is 0 Å². The quantitative estimate of drug-likeness (QED) is 0.819. The third-order valence-electron chi connectivity index (χ3n) is 2.54. The Balaban J connectivity index is 2.58. The summed E-state index contributed by atoms with van der Waals surface area (Å²) in [6.07, 6.45) is 0. The van der Waals surface area contributed by atoms with Crippen LogP contribution in [0.25, 0.3) is 0 Å². The first-order chi connectivity index (χ1) is 8.17. The average molecular weight is 238 g/mol. The fourth-order valence-electron chi connectivity index (χ4n) is 1.60. The predicted molar refractivity (Wildman–Crippen MR) is 66.0 cm³/mol. The SMILES string of the molecule is CCNC(=O)CN(CC)Cc1ccccc1F. The summed E-state index contributed by atoms with van der Waals surface area (Å²) in [5.41, 5.74) is 0.624. The molecule has 0 saturated heterocycles. The van der Waals surface area contributed by atoms with Gasteiger partial charge in [-0.15, -0.1) is 0 Å². The first-order valence-electron chi connectivity index (χ1n) is 5.89. The van der Waals surface area contributed by atoms with Crippen LogP contribution in [-0.4, -0.2) is 30.4 Å². The molecule has 0 unspecified atom stereocenters. The second-order valence-electron chi connectivity index (χ2n) is 3.85. The van der Waals surface area contributed by atoms with E-state index in [0.717, 1.165) is 0 Å². The van der Waals surface area contributed by atoms with Crippen LogP contribution in [0, 0.1) is 5.82 Å². The summed E-state index contributed by atoms with van der Waals surface area (Å²) < 4.78 is 13.4. The molecule has 0 radical (unpaired) electrons. The molecular formula is C13H19FN2O. The van der Waals surface area contributed by atoms with Crippen molar-refractivity contribution in [1.82, 2.24) is 10.2 Å². The van der Waals surface area contributed by atoms with Crippen LogP contribution in [0.1, 0.15) is 19.4 Å². The van der Waals surface area contributed by atoms with Crippen LogP contribution >= 0.6 is 0 Å². The minimum absolute atomic E-state index is 0.0225. The van der Waals surface area contributed by atoms with E-state index in [-0.39, 0.29) is 11.7 Å². The summed E-state index contributed by atoms with van der Waals surface area (Å²) in [6.45, 7) is 5.94. The highest BCUT2D eigenvalue weighted by molar-refractivity contribution is 5.77. The first kappa shape index (κ1) is 13.6. The number of amides is 1. The molecule has 0 aliphatic heterocycles. The molecule has 4 heteroatoms. The number of carbonyl (C=O) groups excluding carboxylic acids is 1. The summed E-state index contributed by atoms with van der Waals surface area (Å²) in [7, 11) is 0. The minimum Gasteiger partial charge on any atom is -0.355 e. The third kappa shape index (κ3) is 4.53. The van der Waals surface area contributed by atoms with E-state index in [1.807, 2.05) is 18.7 Å². The van der Waals surface area contributed by atoms with Crippen molar-refractivity contribution in [2.75, 3.05) is 19.6 Å². The Labute approximate surface area is 102 Å². The Kier molecular flexibility index (Phi) is 5.63. The van der Waals surface area contributed by atoms with Gasteiger partial charge in [-0.1, -0.05) is 25.1 Å². The van der Waals surface area contributed by atoms with Gasteiger partial charge in [-0.25, -0.2) is 4.39 Å². The Hall–Kier alpha value is -1.42. The summed E-state index contributed by atoms with van der Waals surface area (Å²) in [6, 6.07) is 6.66. The second-order valence-corrected chi connectivity index (χ2v) is 3.85. The van der Waals surface area contributed by atoms with Crippen molar-refractivity contribution in [3.05, 3.63) is 35.6 Å². The van der Waals surface area contributed by atoms with Gasteiger partial charge in [0.2, 0.25) is 5.91 Å². The molecule has 17 heavy (non-hydrogen) atoms. The van der Waals surface area contributed by atoms with Crippen molar-refractivity contribution in [3.63, 3.8) is 0 Å². The van der Waals surface area contributed by atoms with E-state index >= 15 is 0 Å². The van der Waals surface area contributed by atoms with Crippen LogP contribution in [0.4, 0.5) is 4.39 Å². The van der Waals surface area contributed by atoms with Gasteiger partial charge in [0.15, 0.2) is 0 Å². The molecule has 0 aromatic heterocycles. The lowest BCUT2D eigenvalue weighted by Gasteiger charge is -2.19. The highest BCUT2D eigenvalue weighted by Crippen LogP contribution is 2.09.